The zero-order valence-corrected chi connectivity index (χ0v) is 16.5. The zero-order valence-electron chi connectivity index (χ0n) is 16.5. The highest BCUT2D eigenvalue weighted by Crippen LogP contribution is 2.41. The molecule has 1 aromatic carbocycles. The van der Waals surface area contributed by atoms with Crippen LogP contribution >= 0.6 is 0 Å². The predicted molar refractivity (Wildman–Crippen MR) is 108 cm³/mol. The maximum Gasteiger partial charge on any atom is 0.289 e. The lowest BCUT2D eigenvalue weighted by atomic mass is 9.71. The van der Waals surface area contributed by atoms with Crippen LogP contribution in [0.25, 0.3) is 0 Å². The van der Waals surface area contributed by atoms with Crippen molar-refractivity contribution in [3.05, 3.63) is 60.1 Å². The summed E-state index contributed by atoms with van der Waals surface area (Å²) in [5.41, 5.74) is 1.65. The largest absolute Gasteiger partial charge is 0.459 e. The SMILES string of the molecule is O=C(c1ccco1)N1CCC2(CCN(CCOCc3ccccc3)CC2)CC1. The van der Waals surface area contributed by atoms with Crippen molar-refractivity contribution < 1.29 is 13.9 Å². The lowest BCUT2D eigenvalue weighted by Gasteiger charge is -2.46. The number of carbonyl (C=O) groups is 1. The van der Waals surface area contributed by atoms with E-state index in [1.807, 2.05) is 11.0 Å². The van der Waals surface area contributed by atoms with E-state index in [0.717, 1.165) is 52.2 Å². The van der Waals surface area contributed by atoms with Gasteiger partial charge in [-0.2, -0.15) is 0 Å². The van der Waals surface area contributed by atoms with Crippen molar-refractivity contribution in [3.8, 4) is 0 Å². The Balaban J connectivity index is 1.16. The Morgan fingerprint density at radius 3 is 2.36 bits per heavy atom. The first kappa shape index (κ1) is 19.2. The van der Waals surface area contributed by atoms with E-state index < -0.39 is 0 Å². The molecule has 2 saturated heterocycles. The van der Waals surface area contributed by atoms with E-state index in [0.29, 0.717) is 17.8 Å². The molecule has 4 rings (SSSR count). The summed E-state index contributed by atoms with van der Waals surface area (Å²) >= 11 is 0. The van der Waals surface area contributed by atoms with Gasteiger partial charge in [0, 0.05) is 19.6 Å². The topological polar surface area (TPSA) is 45.9 Å². The second-order valence-electron chi connectivity index (χ2n) is 8.15. The summed E-state index contributed by atoms with van der Waals surface area (Å²) in [4.78, 5) is 16.9. The first-order valence-electron chi connectivity index (χ1n) is 10.4. The number of hydrogen-bond donors (Lipinski definition) is 0. The quantitative estimate of drug-likeness (QED) is 0.713. The third kappa shape index (κ3) is 4.65. The molecule has 0 bridgehead atoms. The molecule has 0 radical (unpaired) electrons. The average Bonchev–Trinajstić information content (AvgIpc) is 3.28. The number of amides is 1. The number of piperidine rings is 2. The lowest BCUT2D eigenvalue weighted by Crippen LogP contribution is -2.48. The van der Waals surface area contributed by atoms with Gasteiger partial charge >= 0.3 is 0 Å². The van der Waals surface area contributed by atoms with Crippen molar-refractivity contribution in [1.82, 2.24) is 9.80 Å². The Labute approximate surface area is 167 Å². The van der Waals surface area contributed by atoms with Crippen LogP contribution in [0.3, 0.4) is 0 Å². The molecule has 28 heavy (non-hydrogen) atoms. The fraction of sp³-hybridized carbons (Fsp3) is 0.522. The van der Waals surface area contributed by atoms with E-state index in [1.165, 1.54) is 18.4 Å². The molecule has 0 N–H and O–H groups in total. The van der Waals surface area contributed by atoms with E-state index in [4.69, 9.17) is 9.15 Å². The summed E-state index contributed by atoms with van der Waals surface area (Å²) in [6.45, 7) is 6.46. The second kappa shape index (κ2) is 8.93. The fourth-order valence-corrected chi connectivity index (χ4v) is 4.45. The minimum absolute atomic E-state index is 0.0350. The molecule has 5 nitrogen and oxygen atoms in total. The van der Waals surface area contributed by atoms with Crippen molar-refractivity contribution in [2.45, 2.75) is 32.3 Å². The number of likely N-dealkylation sites (tertiary alicyclic amines) is 2. The Hall–Kier alpha value is -2.11. The molecule has 2 aliphatic heterocycles. The van der Waals surface area contributed by atoms with Crippen LogP contribution in [0, 0.1) is 5.41 Å². The number of nitrogens with zero attached hydrogens (tertiary/aromatic N) is 2. The Kier molecular flexibility index (Phi) is 6.13. The molecule has 0 atom stereocenters. The Bertz CT molecular complexity index is 726. The number of benzene rings is 1. The molecule has 1 amide bonds. The predicted octanol–water partition coefficient (Wildman–Crippen LogP) is 3.81. The number of furan rings is 1. The van der Waals surface area contributed by atoms with E-state index in [1.54, 1.807) is 18.4 Å². The van der Waals surface area contributed by atoms with Gasteiger partial charge in [0.25, 0.3) is 5.91 Å². The third-order valence-electron chi connectivity index (χ3n) is 6.42. The van der Waals surface area contributed by atoms with Gasteiger partial charge < -0.3 is 19.0 Å². The standard InChI is InChI=1S/C23H30N2O3/c26-22(21-7-4-17-28-21)25-14-10-23(11-15-25)8-12-24(13-9-23)16-18-27-19-20-5-2-1-3-6-20/h1-7,17H,8-16,18-19H2. The molecule has 1 spiro atoms. The van der Waals surface area contributed by atoms with Crippen LogP contribution in [0.5, 0.6) is 0 Å². The van der Waals surface area contributed by atoms with Gasteiger partial charge in [0.05, 0.1) is 19.5 Å². The molecule has 5 heteroatoms. The van der Waals surface area contributed by atoms with Gasteiger partial charge in [-0.05, 0) is 61.9 Å². The maximum atomic E-state index is 12.4. The molecule has 3 heterocycles. The van der Waals surface area contributed by atoms with Gasteiger partial charge in [-0.3, -0.25) is 4.79 Å². The van der Waals surface area contributed by atoms with E-state index >= 15 is 0 Å². The van der Waals surface area contributed by atoms with Crippen molar-refractivity contribution in [2.75, 3.05) is 39.3 Å². The minimum atomic E-state index is 0.0350. The summed E-state index contributed by atoms with van der Waals surface area (Å²) < 4.78 is 11.1. The molecule has 0 aliphatic carbocycles. The molecule has 0 unspecified atom stereocenters. The van der Waals surface area contributed by atoms with Gasteiger partial charge in [-0.15, -0.1) is 0 Å². The highest BCUT2D eigenvalue weighted by atomic mass is 16.5. The molecule has 1 aromatic heterocycles. The molecule has 2 aromatic rings. The van der Waals surface area contributed by atoms with Gasteiger partial charge in [0.2, 0.25) is 0 Å². The Morgan fingerprint density at radius 1 is 0.964 bits per heavy atom. The molecule has 2 fully saturated rings. The summed E-state index contributed by atoms with van der Waals surface area (Å²) in [5, 5.41) is 0. The maximum absolute atomic E-state index is 12.4. The van der Waals surface area contributed by atoms with Crippen LogP contribution in [0.1, 0.15) is 41.8 Å². The summed E-state index contributed by atoms with van der Waals surface area (Å²) in [6, 6.07) is 13.9. The molecular formula is C23H30N2O3. The lowest BCUT2D eigenvalue weighted by molar-refractivity contribution is 0.0186. The van der Waals surface area contributed by atoms with Crippen molar-refractivity contribution in [3.63, 3.8) is 0 Å². The van der Waals surface area contributed by atoms with Crippen LogP contribution in [-0.4, -0.2) is 55.0 Å². The zero-order chi connectivity index (χ0) is 19.2. The third-order valence-corrected chi connectivity index (χ3v) is 6.42. The van der Waals surface area contributed by atoms with Gasteiger partial charge in [0.1, 0.15) is 0 Å². The molecule has 2 aliphatic rings. The van der Waals surface area contributed by atoms with Crippen molar-refractivity contribution >= 4 is 5.91 Å². The van der Waals surface area contributed by atoms with Gasteiger partial charge in [-0.25, -0.2) is 0 Å². The van der Waals surface area contributed by atoms with Crippen LogP contribution in [0.4, 0.5) is 0 Å². The summed E-state index contributed by atoms with van der Waals surface area (Å²) in [7, 11) is 0. The van der Waals surface area contributed by atoms with Crippen LogP contribution in [0.15, 0.2) is 53.1 Å². The van der Waals surface area contributed by atoms with Crippen LogP contribution in [-0.2, 0) is 11.3 Å². The number of rotatable bonds is 6. The fourth-order valence-electron chi connectivity index (χ4n) is 4.45. The normalized spacial score (nSPS) is 19.8. The molecule has 150 valence electrons. The smallest absolute Gasteiger partial charge is 0.289 e. The van der Waals surface area contributed by atoms with Crippen molar-refractivity contribution in [2.24, 2.45) is 5.41 Å². The van der Waals surface area contributed by atoms with E-state index in [9.17, 15) is 4.79 Å². The van der Waals surface area contributed by atoms with Gasteiger partial charge in [0.15, 0.2) is 5.76 Å². The van der Waals surface area contributed by atoms with E-state index in [2.05, 4.69) is 29.2 Å². The summed E-state index contributed by atoms with van der Waals surface area (Å²) in [6.07, 6.45) is 6.25. The first-order chi connectivity index (χ1) is 13.7. The monoisotopic (exact) mass is 382 g/mol. The van der Waals surface area contributed by atoms with Gasteiger partial charge in [-0.1, -0.05) is 30.3 Å². The highest BCUT2D eigenvalue weighted by molar-refractivity contribution is 5.91. The Morgan fingerprint density at radius 2 is 1.68 bits per heavy atom. The van der Waals surface area contributed by atoms with E-state index in [-0.39, 0.29) is 5.91 Å². The average molecular weight is 383 g/mol. The number of carbonyl (C=O) groups excluding carboxylic acids is 1. The summed E-state index contributed by atoms with van der Waals surface area (Å²) in [5.74, 6) is 0.495. The van der Waals surface area contributed by atoms with Crippen molar-refractivity contribution in [1.29, 1.82) is 0 Å². The highest BCUT2D eigenvalue weighted by Gasteiger charge is 2.38. The molecule has 0 saturated carbocycles. The van der Waals surface area contributed by atoms with Crippen LogP contribution < -0.4 is 0 Å². The molecular weight excluding hydrogens is 352 g/mol. The number of ether oxygens (including phenoxy) is 1. The van der Waals surface area contributed by atoms with Crippen LogP contribution in [0.2, 0.25) is 0 Å². The second-order valence-corrected chi connectivity index (χ2v) is 8.15. The number of hydrogen-bond acceptors (Lipinski definition) is 4. The first-order valence-corrected chi connectivity index (χ1v) is 10.4. The minimum Gasteiger partial charge on any atom is -0.459 e.